The number of fused-ring (bicyclic) bond motifs is 1. The van der Waals surface area contributed by atoms with Crippen molar-refractivity contribution in [2.45, 2.75) is 19.1 Å². The molecule has 1 heterocycles. The number of carbonyl (C=O) groups is 1. The lowest BCUT2D eigenvalue weighted by atomic mass is 10.0. The zero-order valence-electron chi connectivity index (χ0n) is 17.5. The van der Waals surface area contributed by atoms with Gasteiger partial charge in [0.25, 0.3) is 11.4 Å². The number of hydrogen-bond donors (Lipinski definition) is 1. The largest absolute Gasteiger partial charge is 0.368 e. The molecule has 0 aliphatic carbocycles. The summed E-state index contributed by atoms with van der Waals surface area (Å²) in [5.41, 5.74) is 8.73. The molecule has 168 valence electrons. The molecule has 0 aromatic heterocycles. The average molecular weight is 447 g/mol. The van der Waals surface area contributed by atoms with E-state index in [-0.39, 0.29) is 24.5 Å². The molecule has 1 aliphatic rings. The van der Waals surface area contributed by atoms with Crippen LogP contribution in [0.5, 0.6) is 0 Å². The second-order valence-corrected chi connectivity index (χ2v) is 7.77. The standard InChI is InChI=1S/C23H21N5O5/c24-23(29)22-15-25(13-16-5-3-7-18(11-16)27(30)31)20-9-1-2-10-21(20)26(22)14-17-6-4-8-19(12-17)28(32)33/h1-12,22H,13-15H2,(H2,24,29)/t22-/m0/s1. The summed E-state index contributed by atoms with van der Waals surface area (Å²) in [6.45, 7) is 0.883. The maximum Gasteiger partial charge on any atom is 0.269 e. The highest BCUT2D eigenvalue weighted by Gasteiger charge is 2.34. The summed E-state index contributed by atoms with van der Waals surface area (Å²) in [5.74, 6) is -0.529. The number of benzene rings is 3. The lowest BCUT2D eigenvalue weighted by Gasteiger charge is -2.43. The molecular formula is C23H21N5O5. The zero-order chi connectivity index (χ0) is 23.5. The molecule has 33 heavy (non-hydrogen) atoms. The van der Waals surface area contributed by atoms with Crippen LogP contribution in [0.25, 0.3) is 0 Å². The second kappa shape index (κ2) is 8.95. The minimum absolute atomic E-state index is 0.00320. The van der Waals surface area contributed by atoms with E-state index in [1.807, 2.05) is 34.1 Å². The Hall–Kier alpha value is -4.47. The van der Waals surface area contributed by atoms with Gasteiger partial charge in [0.1, 0.15) is 6.04 Å². The normalized spacial score (nSPS) is 15.1. The highest BCUT2D eigenvalue weighted by atomic mass is 16.6. The minimum Gasteiger partial charge on any atom is -0.368 e. The number of nitrogens with zero attached hydrogens (tertiary/aromatic N) is 4. The molecule has 3 aromatic carbocycles. The summed E-state index contributed by atoms with van der Waals surface area (Å²) >= 11 is 0. The van der Waals surface area contributed by atoms with E-state index in [1.165, 1.54) is 24.3 Å². The third-order valence-corrected chi connectivity index (χ3v) is 5.60. The molecule has 3 aromatic rings. The first-order valence-corrected chi connectivity index (χ1v) is 10.2. The van der Waals surface area contributed by atoms with Gasteiger partial charge >= 0.3 is 0 Å². The molecule has 0 saturated carbocycles. The highest BCUT2D eigenvalue weighted by molar-refractivity contribution is 5.89. The first kappa shape index (κ1) is 21.8. The van der Waals surface area contributed by atoms with Crippen LogP contribution >= 0.6 is 0 Å². The number of hydrogen-bond acceptors (Lipinski definition) is 7. The fourth-order valence-corrected chi connectivity index (χ4v) is 4.09. The molecular weight excluding hydrogens is 426 g/mol. The van der Waals surface area contributed by atoms with Crippen molar-refractivity contribution in [3.05, 3.63) is 104 Å². The van der Waals surface area contributed by atoms with Crippen molar-refractivity contribution in [2.75, 3.05) is 16.3 Å². The monoisotopic (exact) mass is 447 g/mol. The number of nitro benzene ring substituents is 2. The summed E-state index contributed by atoms with van der Waals surface area (Å²) in [7, 11) is 0. The zero-order valence-corrected chi connectivity index (χ0v) is 17.5. The van der Waals surface area contributed by atoms with Gasteiger partial charge in [-0.25, -0.2) is 0 Å². The number of nitro groups is 2. The van der Waals surface area contributed by atoms with Crippen LogP contribution in [-0.4, -0.2) is 28.3 Å². The van der Waals surface area contributed by atoms with E-state index in [9.17, 15) is 25.0 Å². The van der Waals surface area contributed by atoms with Gasteiger partial charge in [-0.1, -0.05) is 36.4 Å². The molecule has 0 fully saturated rings. The summed E-state index contributed by atoms with van der Waals surface area (Å²) in [6, 6.07) is 19.4. The topological polar surface area (TPSA) is 136 Å². The second-order valence-electron chi connectivity index (χ2n) is 7.77. The Balaban J connectivity index is 1.69. The molecule has 10 nitrogen and oxygen atoms in total. The summed E-state index contributed by atoms with van der Waals surface area (Å²) in [5, 5.41) is 22.3. The Kier molecular flexibility index (Phi) is 5.90. The van der Waals surface area contributed by atoms with Gasteiger partial charge in [0.15, 0.2) is 0 Å². The quantitative estimate of drug-likeness (QED) is 0.433. The predicted molar refractivity (Wildman–Crippen MR) is 123 cm³/mol. The van der Waals surface area contributed by atoms with E-state index in [0.29, 0.717) is 12.1 Å². The Morgan fingerprint density at radius 3 is 1.94 bits per heavy atom. The summed E-state index contributed by atoms with van der Waals surface area (Å²) in [4.78, 5) is 37.7. The van der Waals surface area contributed by atoms with E-state index >= 15 is 0 Å². The van der Waals surface area contributed by atoms with Crippen LogP contribution in [-0.2, 0) is 17.9 Å². The van der Waals surface area contributed by atoms with Crippen molar-refractivity contribution >= 4 is 28.7 Å². The average Bonchev–Trinajstić information content (AvgIpc) is 2.80. The van der Waals surface area contributed by atoms with E-state index in [4.69, 9.17) is 5.73 Å². The van der Waals surface area contributed by atoms with E-state index < -0.39 is 21.8 Å². The number of nitrogens with two attached hydrogens (primary N) is 1. The van der Waals surface area contributed by atoms with Gasteiger partial charge in [0, 0.05) is 43.9 Å². The molecule has 0 saturated heterocycles. The number of amides is 1. The van der Waals surface area contributed by atoms with Crippen LogP contribution < -0.4 is 15.5 Å². The molecule has 0 bridgehead atoms. The Labute approximate surface area is 189 Å². The summed E-state index contributed by atoms with van der Waals surface area (Å²) in [6.07, 6.45) is 0. The molecule has 10 heteroatoms. The van der Waals surface area contributed by atoms with Crippen LogP contribution in [0.2, 0.25) is 0 Å². The Morgan fingerprint density at radius 2 is 1.39 bits per heavy atom. The predicted octanol–water partition coefficient (Wildman–Crippen LogP) is 3.38. The molecule has 1 aliphatic heterocycles. The third kappa shape index (κ3) is 4.59. The number of non-ortho nitro benzene ring substituents is 2. The van der Waals surface area contributed by atoms with Crippen molar-refractivity contribution in [1.82, 2.24) is 0 Å². The number of para-hydroxylation sites is 2. The Bertz CT molecular complexity index is 1230. The van der Waals surface area contributed by atoms with E-state index in [2.05, 4.69) is 0 Å². The van der Waals surface area contributed by atoms with Crippen LogP contribution in [0, 0.1) is 20.2 Å². The van der Waals surface area contributed by atoms with Gasteiger partial charge in [0.05, 0.1) is 21.2 Å². The van der Waals surface area contributed by atoms with Gasteiger partial charge in [-0.2, -0.15) is 0 Å². The van der Waals surface area contributed by atoms with Crippen molar-refractivity contribution in [3.63, 3.8) is 0 Å². The molecule has 0 spiro atoms. The van der Waals surface area contributed by atoms with Crippen LogP contribution in [0.3, 0.4) is 0 Å². The van der Waals surface area contributed by atoms with Crippen LogP contribution in [0.15, 0.2) is 72.8 Å². The van der Waals surface area contributed by atoms with Crippen molar-refractivity contribution in [2.24, 2.45) is 5.73 Å². The fourth-order valence-electron chi connectivity index (χ4n) is 4.09. The third-order valence-electron chi connectivity index (χ3n) is 5.60. The van der Waals surface area contributed by atoms with Crippen molar-refractivity contribution in [3.8, 4) is 0 Å². The van der Waals surface area contributed by atoms with Crippen LogP contribution in [0.4, 0.5) is 22.7 Å². The molecule has 1 atom stereocenters. The number of carbonyl (C=O) groups excluding carboxylic acids is 1. The number of rotatable bonds is 7. The maximum atomic E-state index is 12.4. The van der Waals surface area contributed by atoms with Gasteiger partial charge < -0.3 is 15.5 Å². The van der Waals surface area contributed by atoms with Crippen molar-refractivity contribution in [1.29, 1.82) is 0 Å². The smallest absolute Gasteiger partial charge is 0.269 e. The van der Waals surface area contributed by atoms with Gasteiger partial charge in [-0.3, -0.25) is 25.0 Å². The highest BCUT2D eigenvalue weighted by Crippen LogP contribution is 2.37. The molecule has 2 N–H and O–H groups in total. The van der Waals surface area contributed by atoms with E-state index in [1.54, 1.807) is 24.3 Å². The van der Waals surface area contributed by atoms with Gasteiger partial charge in [-0.05, 0) is 23.3 Å². The minimum atomic E-state index is -0.696. The molecule has 1 amide bonds. The number of anilines is 2. The first-order chi connectivity index (χ1) is 15.8. The SMILES string of the molecule is NC(=O)[C@@H]1CN(Cc2cccc([N+](=O)[O-])c2)c2ccccc2N1Cc1cccc([N+](=O)[O-])c1. The van der Waals surface area contributed by atoms with Gasteiger partial charge in [-0.15, -0.1) is 0 Å². The summed E-state index contributed by atoms with van der Waals surface area (Å²) < 4.78 is 0. The van der Waals surface area contributed by atoms with Crippen LogP contribution in [0.1, 0.15) is 11.1 Å². The van der Waals surface area contributed by atoms with Crippen molar-refractivity contribution < 1.29 is 14.6 Å². The molecule has 0 radical (unpaired) electrons. The van der Waals surface area contributed by atoms with E-state index in [0.717, 1.165) is 16.9 Å². The Morgan fingerprint density at radius 1 is 0.848 bits per heavy atom. The van der Waals surface area contributed by atoms with Gasteiger partial charge in [0.2, 0.25) is 5.91 Å². The fraction of sp³-hybridized carbons (Fsp3) is 0.174. The lowest BCUT2D eigenvalue weighted by Crippen LogP contribution is -2.54. The first-order valence-electron chi connectivity index (χ1n) is 10.2. The molecule has 4 rings (SSSR count). The lowest BCUT2D eigenvalue weighted by molar-refractivity contribution is -0.385. The molecule has 0 unspecified atom stereocenters. The number of primary amides is 1. The maximum absolute atomic E-state index is 12.4.